The molecule has 1 aromatic carbocycles. The fraction of sp³-hybridized carbons (Fsp3) is 0.353. The molecule has 0 unspecified atom stereocenters. The van der Waals surface area contributed by atoms with Crippen molar-refractivity contribution in [3.05, 3.63) is 58.3 Å². The molecule has 1 aliphatic rings. The first kappa shape index (κ1) is 16.2. The maximum Gasteiger partial charge on any atom is 0.227 e. The molecule has 1 fully saturated rings. The van der Waals surface area contributed by atoms with Crippen LogP contribution in [0.3, 0.4) is 0 Å². The summed E-state index contributed by atoms with van der Waals surface area (Å²) in [5, 5.41) is 1.43. The van der Waals surface area contributed by atoms with Crippen LogP contribution < -0.4 is 0 Å². The highest BCUT2D eigenvalue weighted by molar-refractivity contribution is 7.91. The van der Waals surface area contributed by atoms with Crippen LogP contribution in [0, 0.1) is 0 Å². The van der Waals surface area contributed by atoms with Crippen molar-refractivity contribution in [3.63, 3.8) is 0 Å². The number of amides is 1. The maximum atomic E-state index is 12.6. The molecule has 1 saturated heterocycles. The van der Waals surface area contributed by atoms with Crippen LogP contribution in [0.2, 0.25) is 0 Å². The van der Waals surface area contributed by atoms with Crippen LogP contribution in [0.15, 0.2) is 47.8 Å². The fourth-order valence-corrected chi connectivity index (χ4v) is 5.40. The summed E-state index contributed by atoms with van der Waals surface area (Å²) >= 11 is 1.55. The van der Waals surface area contributed by atoms with E-state index in [-0.39, 0.29) is 18.2 Å². The molecule has 0 radical (unpaired) electrons. The first-order valence-electron chi connectivity index (χ1n) is 7.63. The Kier molecular flexibility index (Phi) is 4.82. The van der Waals surface area contributed by atoms with E-state index in [0.29, 0.717) is 19.4 Å². The van der Waals surface area contributed by atoms with Crippen molar-refractivity contribution >= 4 is 27.1 Å². The van der Waals surface area contributed by atoms with Gasteiger partial charge in [0.05, 0.1) is 17.4 Å². The van der Waals surface area contributed by atoms with Gasteiger partial charge >= 0.3 is 0 Å². The minimum Gasteiger partial charge on any atom is -0.341 e. The van der Waals surface area contributed by atoms with Crippen LogP contribution in [0.5, 0.6) is 0 Å². The molecule has 0 saturated carbocycles. The van der Waals surface area contributed by atoms with Gasteiger partial charge < -0.3 is 4.90 Å². The van der Waals surface area contributed by atoms with Crippen molar-refractivity contribution in [1.82, 2.24) is 4.90 Å². The Balaban J connectivity index is 1.73. The molecule has 6 heteroatoms. The number of hydrogen-bond donors (Lipinski definition) is 0. The van der Waals surface area contributed by atoms with E-state index in [1.54, 1.807) is 16.2 Å². The second-order valence-corrected chi connectivity index (χ2v) is 9.03. The van der Waals surface area contributed by atoms with Crippen molar-refractivity contribution < 1.29 is 13.2 Å². The number of carbonyl (C=O) groups is 1. The van der Waals surface area contributed by atoms with Crippen molar-refractivity contribution in [2.45, 2.75) is 18.1 Å². The Hall–Kier alpha value is -1.66. The molecule has 0 bridgehead atoms. The van der Waals surface area contributed by atoms with Gasteiger partial charge in [0, 0.05) is 18.0 Å². The van der Waals surface area contributed by atoms with Gasteiger partial charge in [0.15, 0.2) is 9.84 Å². The van der Waals surface area contributed by atoms with E-state index in [2.05, 4.69) is 0 Å². The lowest BCUT2D eigenvalue weighted by Crippen LogP contribution is -2.34. The molecule has 122 valence electrons. The summed E-state index contributed by atoms with van der Waals surface area (Å²) in [6, 6.07) is 13.2. The molecule has 3 rings (SSSR count). The van der Waals surface area contributed by atoms with E-state index in [9.17, 15) is 13.2 Å². The average Bonchev–Trinajstić information content (AvgIpc) is 2.98. The number of hydrogen-bond acceptors (Lipinski definition) is 4. The number of carbonyl (C=O) groups excluding carboxylic acids is 1. The summed E-state index contributed by atoms with van der Waals surface area (Å²) in [7, 11) is -3.23. The van der Waals surface area contributed by atoms with Crippen molar-refractivity contribution in [3.8, 4) is 0 Å². The Morgan fingerprint density at radius 1 is 1.13 bits per heavy atom. The van der Waals surface area contributed by atoms with E-state index in [4.69, 9.17) is 0 Å². The highest BCUT2D eigenvalue weighted by Crippen LogP contribution is 2.29. The van der Waals surface area contributed by atoms with Gasteiger partial charge in [-0.25, -0.2) is 8.42 Å². The van der Waals surface area contributed by atoms with Crippen LogP contribution >= 0.6 is 11.3 Å². The predicted molar refractivity (Wildman–Crippen MR) is 92.2 cm³/mol. The number of sulfone groups is 1. The van der Waals surface area contributed by atoms with Crippen LogP contribution in [0.4, 0.5) is 0 Å². The lowest BCUT2D eigenvalue weighted by atomic mass is 10.1. The second kappa shape index (κ2) is 6.84. The molecule has 1 amide bonds. The summed E-state index contributed by atoms with van der Waals surface area (Å²) < 4.78 is 25.1. The van der Waals surface area contributed by atoms with E-state index >= 15 is 0 Å². The third-order valence-corrected chi connectivity index (χ3v) is 7.17. The predicted octanol–water partition coefficient (Wildman–Crippen LogP) is 2.68. The Labute approximate surface area is 140 Å². The summed E-state index contributed by atoms with van der Waals surface area (Å²) in [6.07, 6.45) is 0.816. The van der Waals surface area contributed by atoms with Crippen LogP contribution in [-0.2, 0) is 21.1 Å². The topological polar surface area (TPSA) is 54.5 Å². The largest absolute Gasteiger partial charge is 0.341 e. The molecule has 2 aromatic rings. The number of rotatable bonds is 3. The zero-order valence-corrected chi connectivity index (χ0v) is 14.4. The number of thiophene rings is 1. The fourth-order valence-electron chi connectivity index (χ4n) is 2.91. The molecular formula is C17H19NO3S2. The van der Waals surface area contributed by atoms with Crippen LogP contribution in [0.1, 0.15) is 22.1 Å². The average molecular weight is 349 g/mol. The quantitative estimate of drug-likeness (QED) is 0.856. The third kappa shape index (κ3) is 3.82. The summed E-state index contributed by atoms with van der Waals surface area (Å²) in [5.41, 5.74) is 0.819. The molecule has 2 heterocycles. The summed E-state index contributed by atoms with van der Waals surface area (Å²) in [6.45, 7) is 0.777. The third-order valence-electron chi connectivity index (χ3n) is 4.17. The molecule has 1 atom stereocenters. The van der Waals surface area contributed by atoms with E-state index in [0.717, 1.165) is 10.4 Å². The molecule has 1 aromatic heterocycles. The van der Waals surface area contributed by atoms with E-state index < -0.39 is 15.1 Å². The Bertz CT molecular complexity index is 754. The zero-order chi connectivity index (χ0) is 16.3. The monoisotopic (exact) mass is 349 g/mol. The molecule has 4 nitrogen and oxygen atoms in total. The van der Waals surface area contributed by atoms with Crippen molar-refractivity contribution in [1.29, 1.82) is 0 Å². The van der Waals surface area contributed by atoms with Gasteiger partial charge in [-0.3, -0.25) is 4.79 Å². The maximum absolute atomic E-state index is 12.6. The smallest absolute Gasteiger partial charge is 0.227 e. The Morgan fingerprint density at radius 3 is 2.61 bits per heavy atom. The van der Waals surface area contributed by atoms with Gasteiger partial charge in [0.25, 0.3) is 0 Å². The Morgan fingerprint density at radius 2 is 1.91 bits per heavy atom. The normalized spacial score (nSPS) is 20.9. The summed E-state index contributed by atoms with van der Waals surface area (Å²) in [4.78, 5) is 15.1. The van der Waals surface area contributed by atoms with Gasteiger partial charge in [-0.1, -0.05) is 36.4 Å². The highest BCUT2D eigenvalue weighted by Gasteiger charge is 2.32. The van der Waals surface area contributed by atoms with E-state index in [1.807, 2.05) is 47.8 Å². The second-order valence-electron chi connectivity index (χ2n) is 5.69. The molecular weight excluding hydrogens is 330 g/mol. The van der Waals surface area contributed by atoms with Gasteiger partial charge in [0.1, 0.15) is 0 Å². The van der Waals surface area contributed by atoms with Crippen molar-refractivity contribution in [2.75, 3.05) is 18.8 Å². The minimum atomic E-state index is -3.23. The van der Waals surface area contributed by atoms with Crippen LogP contribution in [-0.4, -0.2) is 38.1 Å². The van der Waals surface area contributed by atoms with Gasteiger partial charge in [-0.15, -0.1) is 11.3 Å². The molecule has 0 spiro atoms. The van der Waals surface area contributed by atoms with E-state index in [1.165, 1.54) is 0 Å². The highest BCUT2D eigenvalue weighted by atomic mass is 32.2. The van der Waals surface area contributed by atoms with Gasteiger partial charge in [-0.05, 0) is 23.4 Å². The molecule has 0 N–H and O–H groups in total. The van der Waals surface area contributed by atoms with Crippen molar-refractivity contribution in [2.24, 2.45) is 0 Å². The standard InChI is InChI=1S/C17H19NO3S2/c19-17(13-15-7-4-11-22-15)18-9-8-16(23(20,21)12-10-18)14-5-2-1-3-6-14/h1-7,11,16H,8-10,12-13H2/t16-/m0/s1. The number of nitrogens with zero attached hydrogens (tertiary/aromatic N) is 1. The minimum absolute atomic E-state index is 0.0105. The summed E-state index contributed by atoms with van der Waals surface area (Å²) in [5.74, 6) is 0.0410. The number of benzene rings is 1. The molecule has 23 heavy (non-hydrogen) atoms. The molecule has 0 aliphatic carbocycles. The zero-order valence-electron chi connectivity index (χ0n) is 12.7. The molecule has 1 aliphatic heterocycles. The first-order chi connectivity index (χ1) is 11.1. The first-order valence-corrected chi connectivity index (χ1v) is 10.2. The SMILES string of the molecule is O=C(Cc1cccs1)N1CC[C@@H](c2ccccc2)S(=O)(=O)CC1. The van der Waals surface area contributed by atoms with Crippen LogP contribution in [0.25, 0.3) is 0 Å². The lowest BCUT2D eigenvalue weighted by molar-refractivity contribution is -0.130. The lowest BCUT2D eigenvalue weighted by Gasteiger charge is -2.19. The van der Waals surface area contributed by atoms with Gasteiger partial charge in [0.2, 0.25) is 5.91 Å². The van der Waals surface area contributed by atoms with Gasteiger partial charge in [-0.2, -0.15) is 0 Å².